The average Bonchev–Trinajstić information content (AvgIpc) is 2.90. The Morgan fingerprint density at radius 2 is 1.51 bits per heavy atom. The first kappa shape index (κ1) is 30.3. The molecule has 0 saturated carbocycles. The van der Waals surface area contributed by atoms with Crippen LogP contribution in [0.15, 0.2) is 72.8 Å². The number of hydrogen-bond acceptors (Lipinski definition) is 5. The van der Waals surface area contributed by atoms with Crippen molar-refractivity contribution in [1.82, 2.24) is 10.2 Å². The van der Waals surface area contributed by atoms with Gasteiger partial charge < -0.3 is 15.0 Å². The van der Waals surface area contributed by atoms with Gasteiger partial charge >= 0.3 is 0 Å². The summed E-state index contributed by atoms with van der Waals surface area (Å²) in [5.74, 6) is 0.160. The molecular weight excluding hydrogens is 561 g/mol. The van der Waals surface area contributed by atoms with Crippen molar-refractivity contribution in [2.24, 2.45) is 0 Å². The van der Waals surface area contributed by atoms with Crippen LogP contribution < -0.4 is 14.4 Å². The van der Waals surface area contributed by atoms with Gasteiger partial charge in [0, 0.05) is 28.7 Å². The lowest BCUT2D eigenvalue weighted by molar-refractivity contribution is -0.139. The molecule has 1 N–H and O–H groups in total. The second-order valence-corrected chi connectivity index (χ2v) is 11.6. The van der Waals surface area contributed by atoms with Crippen LogP contribution in [0, 0.1) is 0 Å². The molecule has 2 amide bonds. The van der Waals surface area contributed by atoms with Crippen molar-refractivity contribution in [2.45, 2.75) is 32.9 Å². The van der Waals surface area contributed by atoms with Crippen LogP contribution in [0.5, 0.6) is 11.5 Å². The number of hydrogen-bond donors (Lipinski definition) is 1. The second kappa shape index (κ2) is 13.7. The van der Waals surface area contributed by atoms with Gasteiger partial charge in [0.05, 0.1) is 11.9 Å². The number of para-hydroxylation sites is 1. The molecule has 3 rings (SSSR count). The van der Waals surface area contributed by atoms with Crippen molar-refractivity contribution < 1.29 is 22.7 Å². The van der Waals surface area contributed by atoms with E-state index in [0.717, 1.165) is 10.6 Å². The molecule has 0 radical (unpaired) electrons. The van der Waals surface area contributed by atoms with Crippen molar-refractivity contribution in [3.8, 4) is 11.5 Å². The number of amides is 2. The molecule has 0 aliphatic carbocycles. The minimum absolute atomic E-state index is 0.0838. The van der Waals surface area contributed by atoms with Crippen LogP contribution in [-0.2, 0) is 26.2 Å². The second-order valence-electron chi connectivity index (χ2n) is 8.87. The zero-order valence-electron chi connectivity index (χ0n) is 21.9. The molecule has 0 aliphatic rings. The number of nitrogens with one attached hydrogen (secondary N) is 1. The van der Waals surface area contributed by atoms with E-state index in [-0.39, 0.29) is 18.1 Å². The van der Waals surface area contributed by atoms with Gasteiger partial charge in [-0.15, -0.1) is 0 Å². The predicted octanol–water partition coefficient (Wildman–Crippen LogP) is 5.50. The number of benzene rings is 3. The molecule has 3 aromatic carbocycles. The van der Waals surface area contributed by atoms with E-state index in [1.165, 1.54) is 4.90 Å². The number of carbonyl (C=O) groups excluding carboxylic acids is 2. The molecule has 208 valence electrons. The molecule has 0 aliphatic heterocycles. The van der Waals surface area contributed by atoms with Gasteiger partial charge in [-0.1, -0.05) is 54.4 Å². The standard InChI is InChI=1S/C28H31Cl2N3O5S/c1-4-17-31-28(35)20(2)32(18-24-25(29)11-8-12-26(24)30)27(34)19-33(39(3,36)37)21-13-15-23(16-14-21)38-22-9-6-5-7-10-22/h5-16,20H,4,17-19H2,1-3H3,(H,31,35)/t20-/m0/s1. The fraction of sp³-hybridized carbons (Fsp3) is 0.286. The summed E-state index contributed by atoms with van der Waals surface area (Å²) in [5, 5.41) is 3.44. The molecule has 8 nitrogen and oxygen atoms in total. The van der Waals surface area contributed by atoms with E-state index in [2.05, 4.69) is 5.32 Å². The average molecular weight is 593 g/mol. The molecule has 0 bridgehead atoms. The van der Waals surface area contributed by atoms with Crippen molar-refractivity contribution in [3.63, 3.8) is 0 Å². The minimum Gasteiger partial charge on any atom is -0.457 e. The summed E-state index contributed by atoms with van der Waals surface area (Å²) in [7, 11) is -3.88. The first-order valence-electron chi connectivity index (χ1n) is 12.3. The molecule has 0 spiro atoms. The predicted molar refractivity (Wildman–Crippen MR) is 155 cm³/mol. The highest BCUT2D eigenvalue weighted by atomic mass is 35.5. The molecule has 3 aromatic rings. The van der Waals surface area contributed by atoms with E-state index in [4.69, 9.17) is 27.9 Å². The van der Waals surface area contributed by atoms with Crippen LogP contribution >= 0.6 is 23.2 Å². The lowest BCUT2D eigenvalue weighted by Gasteiger charge is -2.32. The summed E-state index contributed by atoms with van der Waals surface area (Å²) < 4.78 is 32.3. The third-order valence-electron chi connectivity index (χ3n) is 5.89. The highest BCUT2D eigenvalue weighted by Gasteiger charge is 2.30. The Labute approximate surface area is 239 Å². The Morgan fingerprint density at radius 3 is 2.08 bits per heavy atom. The Bertz CT molecular complexity index is 1370. The number of halogens is 2. The molecule has 0 fully saturated rings. The minimum atomic E-state index is -3.88. The van der Waals surface area contributed by atoms with Gasteiger partial charge in [0.15, 0.2) is 0 Å². The highest BCUT2D eigenvalue weighted by molar-refractivity contribution is 7.92. The van der Waals surface area contributed by atoms with Gasteiger partial charge in [-0.3, -0.25) is 13.9 Å². The maximum Gasteiger partial charge on any atom is 0.244 e. The highest BCUT2D eigenvalue weighted by Crippen LogP contribution is 2.28. The van der Waals surface area contributed by atoms with Crippen LogP contribution in [0.25, 0.3) is 0 Å². The van der Waals surface area contributed by atoms with E-state index < -0.39 is 28.5 Å². The van der Waals surface area contributed by atoms with Gasteiger partial charge in [-0.05, 0) is 61.9 Å². The number of rotatable bonds is 12. The Kier molecular flexibility index (Phi) is 10.6. The zero-order valence-corrected chi connectivity index (χ0v) is 24.3. The monoisotopic (exact) mass is 591 g/mol. The smallest absolute Gasteiger partial charge is 0.244 e. The van der Waals surface area contributed by atoms with Crippen LogP contribution in [-0.4, -0.2) is 50.5 Å². The summed E-state index contributed by atoms with van der Waals surface area (Å²) in [5.41, 5.74) is 0.725. The zero-order chi connectivity index (χ0) is 28.6. The van der Waals surface area contributed by atoms with E-state index in [0.29, 0.717) is 40.1 Å². The molecule has 0 heterocycles. The largest absolute Gasteiger partial charge is 0.457 e. The summed E-state index contributed by atoms with van der Waals surface area (Å²) in [6.45, 7) is 3.31. The van der Waals surface area contributed by atoms with Crippen molar-refractivity contribution in [2.75, 3.05) is 23.7 Å². The molecule has 0 saturated heterocycles. The Morgan fingerprint density at radius 1 is 0.923 bits per heavy atom. The quantitative estimate of drug-likeness (QED) is 0.300. The topological polar surface area (TPSA) is 96.0 Å². The fourth-order valence-electron chi connectivity index (χ4n) is 3.75. The lowest BCUT2D eigenvalue weighted by Crippen LogP contribution is -2.51. The fourth-order valence-corrected chi connectivity index (χ4v) is 5.12. The molecule has 39 heavy (non-hydrogen) atoms. The third-order valence-corrected chi connectivity index (χ3v) is 7.74. The van der Waals surface area contributed by atoms with Crippen molar-refractivity contribution in [1.29, 1.82) is 0 Å². The van der Waals surface area contributed by atoms with Crippen LogP contribution in [0.4, 0.5) is 5.69 Å². The first-order valence-corrected chi connectivity index (χ1v) is 14.9. The molecular formula is C28H31Cl2N3O5S. The number of carbonyl (C=O) groups is 2. The Hall–Kier alpha value is -3.27. The number of ether oxygens (including phenoxy) is 1. The molecule has 1 atom stereocenters. The normalized spacial score (nSPS) is 11.9. The molecule has 11 heteroatoms. The van der Waals surface area contributed by atoms with Gasteiger partial charge in [0.1, 0.15) is 24.1 Å². The van der Waals surface area contributed by atoms with Gasteiger partial charge in [-0.2, -0.15) is 0 Å². The summed E-state index contributed by atoms with van der Waals surface area (Å²) in [6, 6.07) is 19.5. The first-order chi connectivity index (χ1) is 18.5. The van der Waals surface area contributed by atoms with Crippen LogP contribution in [0.1, 0.15) is 25.8 Å². The van der Waals surface area contributed by atoms with Gasteiger partial charge in [-0.25, -0.2) is 8.42 Å². The van der Waals surface area contributed by atoms with Crippen LogP contribution in [0.2, 0.25) is 10.0 Å². The maximum atomic E-state index is 13.7. The molecule has 0 aromatic heterocycles. The van der Waals surface area contributed by atoms with Crippen molar-refractivity contribution in [3.05, 3.63) is 88.4 Å². The summed E-state index contributed by atoms with van der Waals surface area (Å²) in [6.07, 6.45) is 1.73. The van der Waals surface area contributed by atoms with E-state index in [9.17, 15) is 18.0 Å². The number of anilines is 1. The maximum absolute atomic E-state index is 13.7. The summed E-state index contributed by atoms with van der Waals surface area (Å²) in [4.78, 5) is 27.8. The number of nitrogens with zero attached hydrogens (tertiary/aromatic N) is 2. The van der Waals surface area contributed by atoms with E-state index >= 15 is 0 Å². The van der Waals surface area contributed by atoms with Gasteiger partial charge in [0.25, 0.3) is 0 Å². The SMILES string of the molecule is CCCNC(=O)[C@H](C)N(Cc1c(Cl)cccc1Cl)C(=O)CN(c1ccc(Oc2ccccc2)cc1)S(C)(=O)=O. The lowest BCUT2D eigenvalue weighted by atomic mass is 10.1. The van der Waals surface area contributed by atoms with Crippen LogP contribution in [0.3, 0.4) is 0 Å². The van der Waals surface area contributed by atoms with Gasteiger partial charge in [0.2, 0.25) is 21.8 Å². The molecule has 0 unspecified atom stereocenters. The van der Waals surface area contributed by atoms with Crippen molar-refractivity contribution >= 4 is 50.7 Å². The summed E-state index contributed by atoms with van der Waals surface area (Å²) >= 11 is 12.7. The number of sulfonamides is 1. The van der Waals surface area contributed by atoms with E-state index in [1.54, 1.807) is 61.5 Å². The Balaban J connectivity index is 1.89. The third kappa shape index (κ3) is 8.36. The van der Waals surface area contributed by atoms with E-state index in [1.807, 2.05) is 25.1 Å².